The fourth-order valence-electron chi connectivity index (χ4n) is 1.38. The lowest BCUT2D eigenvalue weighted by atomic mass is 10.2. The van der Waals surface area contributed by atoms with E-state index in [-0.39, 0.29) is 12.6 Å². The Labute approximate surface area is 110 Å². The number of nitrogens with one attached hydrogen (secondary N) is 1. The second kappa shape index (κ2) is 6.83. The van der Waals surface area contributed by atoms with E-state index in [1.165, 1.54) is 0 Å². The molecule has 0 bridgehead atoms. The van der Waals surface area contributed by atoms with Gasteiger partial charge in [-0.25, -0.2) is 0 Å². The Morgan fingerprint density at radius 1 is 1.29 bits per heavy atom. The van der Waals surface area contributed by atoms with Gasteiger partial charge >= 0.3 is 0 Å². The minimum absolute atomic E-state index is 0.0648. The zero-order valence-electron chi connectivity index (χ0n) is 10.3. The molecule has 0 heterocycles. The molecule has 0 aliphatic heterocycles. The molecule has 1 aromatic rings. The minimum Gasteiger partial charge on any atom is -0.493 e. The Morgan fingerprint density at radius 3 is 2.41 bits per heavy atom. The van der Waals surface area contributed by atoms with Gasteiger partial charge in [0.1, 0.15) is 0 Å². The van der Waals surface area contributed by atoms with Gasteiger partial charge in [-0.05, 0) is 24.6 Å². The van der Waals surface area contributed by atoms with Crippen LogP contribution in [0.5, 0.6) is 11.5 Å². The molecule has 1 atom stereocenters. The van der Waals surface area contributed by atoms with Crippen molar-refractivity contribution in [2.24, 2.45) is 0 Å². The average Bonchev–Trinajstić information content (AvgIpc) is 2.36. The first kappa shape index (κ1) is 14.3. The van der Waals surface area contributed by atoms with E-state index in [1.807, 2.05) is 19.1 Å². The highest BCUT2D eigenvalue weighted by Gasteiger charge is 2.10. The monoisotopic (exact) mass is 303 g/mol. The molecule has 0 saturated heterocycles. The first-order valence-corrected chi connectivity index (χ1v) is 6.16. The highest BCUT2D eigenvalue weighted by molar-refractivity contribution is 9.10. The van der Waals surface area contributed by atoms with Crippen molar-refractivity contribution in [1.29, 1.82) is 0 Å². The zero-order valence-corrected chi connectivity index (χ0v) is 11.9. The lowest BCUT2D eigenvalue weighted by Crippen LogP contribution is -2.28. The summed E-state index contributed by atoms with van der Waals surface area (Å²) in [5.74, 6) is 1.39. The molecule has 1 rings (SSSR count). The quantitative estimate of drug-likeness (QED) is 0.843. The van der Waals surface area contributed by atoms with Crippen LogP contribution in [-0.2, 0) is 6.54 Å². The molecule has 96 valence electrons. The third kappa shape index (κ3) is 3.87. The van der Waals surface area contributed by atoms with Crippen LogP contribution in [0.3, 0.4) is 0 Å². The summed E-state index contributed by atoms with van der Waals surface area (Å²) in [5.41, 5.74) is 1.06. The normalized spacial score (nSPS) is 12.3. The van der Waals surface area contributed by atoms with Crippen molar-refractivity contribution in [2.75, 3.05) is 20.8 Å². The Hall–Kier alpha value is -0.780. The van der Waals surface area contributed by atoms with Crippen LogP contribution < -0.4 is 14.8 Å². The van der Waals surface area contributed by atoms with E-state index in [9.17, 15) is 0 Å². The Balaban J connectivity index is 2.85. The molecule has 17 heavy (non-hydrogen) atoms. The van der Waals surface area contributed by atoms with Crippen LogP contribution in [0.2, 0.25) is 0 Å². The Bertz CT molecular complexity index is 371. The zero-order chi connectivity index (χ0) is 12.8. The molecule has 2 N–H and O–H groups in total. The number of rotatable bonds is 6. The van der Waals surface area contributed by atoms with Crippen molar-refractivity contribution >= 4 is 15.9 Å². The van der Waals surface area contributed by atoms with Gasteiger partial charge in [-0.3, -0.25) is 0 Å². The summed E-state index contributed by atoms with van der Waals surface area (Å²) < 4.78 is 11.4. The summed E-state index contributed by atoms with van der Waals surface area (Å²) in [5, 5.41) is 12.1. The van der Waals surface area contributed by atoms with Gasteiger partial charge in [0.15, 0.2) is 11.5 Å². The number of hydrogen-bond acceptors (Lipinski definition) is 4. The fraction of sp³-hybridized carbons (Fsp3) is 0.500. The first-order chi connectivity index (χ1) is 8.12. The number of aliphatic hydroxyl groups is 1. The molecule has 0 aromatic heterocycles. The lowest BCUT2D eigenvalue weighted by molar-refractivity contribution is 0.251. The summed E-state index contributed by atoms with van der Waals surface area (Å²) in [6.07, 6.45) is 0. The van der Waals surface area contributed by atoms with Gasteiger partial charge < -0.3 is 19.9 Å². The summed E-state index contributed by atoms with van der Waals surface area (Å²) in [6, 6.07) is 3.86. The van der Waals surface area contributed by atoms with Crippen LogP contribution in [0.25, 0.3) is 0 Å². The molecule has 0 spiro atoms. The van der Waals surface area contributed by atoms with Gasteiger partial charge in [0, 0.05) is 17.1 Å². The van der Waals surface area contributed by atoms with Crippen LogP contribution in [0.15, 0.2) is 16.6 Å². The van der Waals surface area contributed by atoms with Crippen molar-refractivity contribution in [1.82, 2.24) is 5.32 Å². The SMILES string of the molecule is COc1cc(Br)c(CN[C@H](C)CO)cc1OC. The van der Waals surface area contributed by atoms with E-state index in [2.05, 4.69) is 21.2 Å². The predicted octanol–water partition coefficient (Wildman–Crippen LogP) is 1.94. The largest absolute Gasteiger partial charge is 0.493 e. The van der Waals surface area contributed by atoms with Gasteiger partial charge in [-0.2, -0.15) is 0 Å². The van der Waals surface area contributed by atoms with Gasteiger partial charge in [-0.1, -0.05) is 15.9 Å². The van der Waals surface area contributed by atoms with Crippen molar-refractivity contribution < 1.29 is 14.6 Å². The molecule has 1 aromatic carbocycles. The predicted molar refractivity (Wildman–Crippen MR) is 70.6 cm³/mol. The molecule has 0 amide bonds. The molecule has 0 saturated carbocycles. The maximum atomic E-state index is 8.95. The molecule has 0 aliphatic rings. The second-order valence-corrected chi connectivity index (χ2v) is 4.62. The highest BCUT2D eigenvalue weighted by Crippen LogP contribution is 2.33. The lowest BCUT2D eigenvalue weighted by Gasteiger charge is -2.14. The first-order valence-electron chi connectivity index (χ1n) is 5.37. The van der Waals surface area contributed by atoms with Gasteiger partial charge in [0.25, 0.3) is 0 Å². The molecule has 0 fully saturated rings. The van der Waals surface area contributed by atoms with Gasteiger partial charge in [0.05, 0.1) is 20.8 Å². The summed E-state index contributed by atoms with van der Waals surface area (Å²) >= 11 is 3.49. The topological polar surface area (TPSA) is 50.7 Å². The maximum absolute atomic E-state index is 8.95. The summed E-state index contributed by atoms with van der Waals surface area (Å²) in [7, 11) is 3.22. The van der Waals surface area contributed by atoms with Crippen molar-refractivity contribution in [2.45, 2.75) is 19.5 Å². The Kier molecular flexibility index (Phi) is 5.74. The molecule has 0 aliphatic carbocycles. The van der Waals surface area contributed by atoms with Crippen LogP contribution in [0.1, 0.15) is 12.5 Å². The van der Waals surface area contributed by atoms with Crippen LogP contribution >= 0.6 is 15.9 Å². The molecule has 5 heteroatoms. The maximum Gasteiger partial charge on any atom is 0.161 e. The smallest absolute Gasteiger partial charge is 0.161 e. The molecular formula is C12H18BrNO3. The Morgan fingerprint density at radius 2 is 1.88 bits per heavy atom. The second-order valence-electron chi connectivity index (χ2n) is 3.76. The highest BCUT2D eigenvalue weighted by atomic mass is 79.9. The van der Waals surface area contributed by atoms with Crippen molar-refractivity contribution in [3.63, 3.8) is 0 Å². The van der Waals surface area contributed by atoms with Crippen LogP contribution in [-0.4, -0.2) is 32.0 Å². The fourth-order valence-corrected chi connectivity index (χ4v) is 1.84. The van der Waals surface area contributed by atoms with E-state index in [0.29, 0.717) is 18.0 Å². The van der Waals surface area contributed by atoms with E-state index < -0.39 is 0 Å². The van der Waals surface area contributed by atoms with E-state index in [1.54, 1.807) is 14.2 Å². The van der Waals surface area contributed by atoms with E-state index in [4.69, 9.17) is 14.6 Å². The van der Waals surface area contributed by atoms with Crippen LogP contribution in [0.4, 0.5) is 0 Å². The summed E-state index contributed by atoms with van der Waals surface area (Å²) in [6.45, 7) is 2.70. The number of ether oxygens (including phenoxy) is 2. The average molecular weight is 304 g/mol. The molecule has 0 unspecified atom stereocenters. The van der Waals surface area contributed by atoms with E-state index >= 15 is 0 Å². The third-order valence-corrected chi connectivity index (χ3v) is 3.21. The minimum atomic E-state index is 0.0648. The third-order valence-electron chi connectivity index (χ3n) is 2.47. The summed E-state index contributed by atoms with van der Waals surface area (Å²) in [4.78, 5) is 0. The van der Waals surface area contributed by atoms with E-state index in [0.717, 1.165) is 10.0 Å². The number of aliphatic hydroxyl groups excluding tert-OH is 1. The molecule has 4 nitrogen and oxygen atoms in total. The molecule has 0 radical (unpaired) electrons. The van der Waals surface area contributed by atoms with Crippen LogP contribution in [0, 0.1) is 0 Å². The van der Waals surface area contributed by atoms with Gasteiger partial charge in [0.2, 0.25) is 0 Å². The molecular weight excluding hydrogens is 286 g/mol. The van der Waals surface area contributed by atoms with Crippen molar-refractivity contribution in [3.05, 3.63) is 22.2 Å². The number of methoxy groups -OCH3 is 2. The number of halogens is 1. The number of benzene rings is 1. The van der Waals surface area contributed by atoms with Crippen molar-refractivity contribution in [3.8, 4) is 11.5 Å². The number of hydrogen-bond donors (Lipinski definition) is 2. The van der Waals surface area contributed by atoms with Gasteiger partial charge in [-0.15, -0.1) is 0 Å². The standard InChI is InChI=1S/C12H18BrNO3/c1-8(7-15)14-6-9-4-11(16-2)12(17-3)5-10(9)13/h4-5,8,14-15H,6-7H2,1-3H3/t8-/m1/s1.